The van der Waals surface area contributed by atoms with Gasteiger partial charge in [0, 0.05) is 61.4 Å². The summed E-state index contributed by atoms with van der Waals surface area (Å²) >= 11 is 4.82. The lowest BCUT2D eigenvalue weighted by atomic mass is 9.95. The van der Waals surface area contributed by atoms with Crippen LogP contribution in [0.15, 0.2) is 100 Å². The van der Waals surface area contributed by atoms with Crippen molar-refractivity contribution in [2.45, 2.75) is 51.6 Å². The predicted octanol–water partition coefficient (Wildman–Crippen LogP) is 6.46. The average Bonchev–Trinajstić information content (AvgIpc) is 3.79. The molecule has 4 aromatic carbocycles. The molecule has 1 unspecified atom stereocenters. The molecule has 0 fully saturated rings. The monoisotopic (exact) mass is 1010 g/mol. The van der Waals surface area contributed by atoms with Crippen molar-refractivity contribution in [3.05, 3.63) is 112 Å². The van der Waals surface area contributed by atoms with Gasteiger partial charge in [0.25, 0.3) is 5.91 Å². The maximum atomic E-state index is 13.9. The number of ether oxygens (including phenoxy) is 3. The van der Waals surface area contributed by atoms with Gasteiger partial charge in [0.15, 0.2) is 16.8 Å². The number of para-hydroxylation sites is 1. The molecule has 7 rings (SSSR count). The molecule has 6 aromatic rings. The van der Waals surface area contributed by atoms with Crippen LogP contribution in [0.4, 0.5) is 5.69 Å². The Kier molecular flexibility index (Phi) is 19.0. The average molecular weight is 1010 g/mol. The normalized spacial score (nSPS) is 12.8. The molecule has 1 aliphatic rings. The van der Waals surface area contributed by atoms with Gasteiger partial charge in [-0.3, -0.25) is 19.2 Å². The third-order valence-corrected chi connectivity index (χ3v) is 13.3. The van der Waals surface area contributed by atoms with E-state index in [1.165, 1.54) is 25.3 Å². The highest BCUT2D eigenvalue weighted by atomic mass is 32.5. The molecular weight excluding hydrogens is 956 g/mol. The summed E-state index contributed by atoms with van der Waals surface area (Å²) < 4.78 is 34.7. The van der Waals surface area contributed by atoms with Crippen molar-refractivity contribution in [3.63, 3.8) is 0 Å². The predicted molar refractivity (Wildman–Crippen MR) is 268 cm³/mol. The number of fused-ring (bicyclic) bond motifs is 6. The number of unbranched alkanes of at least 4 members (excludes halogenated alkanes) is 3. The van der Waals surface area contributed by atoms with Gasteiger partial charge in [-0.1, -0.05) is 72.7 Å². The van der Waals surface area contributed by atoms with E-state index in [1.807, 2.05) is 53.2 Å². The van der Waals surface area contributed by atoms with Crippen LogP contribution >= 0.6 is 6.72 Å². The van der Waals surface area contributed by atoms with E-state index in [4.69, 9.17) is 39.5 Å². The lowest BCUT2D eigenvalue weighted by Gasteiger charge is -2.28. The number of hydrogen-bond acceptors (Lipinski definition) is 15. The number of benzene rings is 4. The van der Waals surface area contributed by atoms with Gasteiger partial charge >= 0.3 is 6.72 Å². The second-order valence-corrected chi connectivity index (χ2v) is 19.3. The summed E-state index contributed by atoms with van der Waals surface area (Å²) in [5.74, 6) is -1.44. The highest BCUT2D eigenvalue weighted by molar-refractivity contribution is 8.07. The van der Waals surface area contributed by atoms with Gasteiger partial charge in [0.2, 0.25) is 17.6 Å². The van der Waals surface area contributed by atoms with Crippen LogP contribution in [0.2, 0.25) is 0 Å². The SMILES string of the molecule is COP(O)(=S)OCCCCCCNC(=O)CCC(=O)N1Cc2ccccc2-c2c(nnn2CCOCCOCCOCCNC(=O)c2ccc(-c3cc(=O)c4ccc(O)c(O)c4o3)cc2)-c2ccccc21. The number of carbonyl (C=O) groups is 3. The van der Waals surface area contributed by atoms with Gasteiger partial charge in [-0.05, 0) is 60.5 Å². The molecule has 0 radical (unpaired) electrons. The Hall–Kier alpha value is -6.35. The number of phenolic OH excluding ortho intramolecular Hbond substituents is 2. The van der Waals surface area contributed by atoms with Crippen LogP contribution in [0.5, 0.6) is 11.5 Å². The molecule has 3 heterocycles. The molecule has 2 aromatic heterocycles. The van der Waals surface area contributed by atoms with E-state index >= 15 is 0 Å². The first-order valence-corrected chi connectivity index (χ1v) is 25.8. The smallest absolute Gasteiger partial charge is 0.324 e. The van der Waals surface area contributed by atoms with Crippen molar-refractivity contribution in [1.29, 1.82) is 0 Å². The van der Waals surface area contributed by atoms with Crippen molar-refractivity contribution in [1.82, 2.24) is 25.6 Å². The van der Waals surface area contributed by atoms with Gasteiger partial charge in [-0.2, -0.15) is 0 Å². The minimum atomic E-state index is -3.14. The first-order chi connectivity index (χ1) is 34.4. The molecule has 0 spiro atoms. The number of amides is 3. The van der Waals surface area contributed by atoms with Crippen LogP contribution in [-0.2, 0) is 57.7 Å². The molecule has 376 valence electrons. The molecule has 5 N–H and O–H groups in total. The Labute approximate surface area is 414 Å². The number of nitrogens with one attached hydrogen (secondary N) is 2. The minimum absolute atomic E-state index is 0.0289. The zero-order valence-corrected chi connectivity index (χ0v) is 41.0. The highest BCUT2D eigenvalue weighted by Gasteiger charge is 2.29. The third-order valence-electron chi connectivity index (χ3n) is 11.5. The number of nitrogens with zero attached hydrogens (tertiary/aromatic N) is 4. The van der Waals surface area contributed by atoms with Crippen LogP contribution in [-0.4, -0.2) is 114 Å². The second kappa shape index (κ2) is 25.7. The van der Waals surface area contributed by atoms with Gasteiger partial charge in [-0.15, -0.1) is 5.10 Å². The van der Waals surface area contributed by atoms with Crippen molar-refractivity contribution < 1.29 is 57.2 Å². The summed E-state index contributed by atoms with van der Waals surface area (Å²) in [5.41, 5.74) is 5.07. The standard InChI is InChI=1S/C50H57N6O13PS/c1-64-70(63,71)68-25-9-3-2-8-22-51-44(59)20-21-45(60)55-33-36-10-4-5-11-37(36)47-46(38-12-6-7-13-40(38)55)53-54-56(47)24-27-66-29-31-67-30-28-65-26-23-52-50(62)35-16-14-34(15-17-35)43-32-42(58)39-18-19-41(57)48(61)49(39)69-43/h4-7,10-19,32,57,61H,2-3,8-9,20-31,33H2,1H3,(H,51,59)(H,52,62)(H,63,71). The van der Waals surface area contributed by atoms with E-state index in [0.29, 0.717) is 81.7 Å². The maximum Gasteiger partial charge on any atom is 0.324 e. The summed E-state index contributed by atoms with van der Waals surface area (Å²) in [5, 5.41) is 35.0. The van der Waals surface area contributed by atoms with Crippen molar-refractivity contribution in [3.8, 4) is 45.3 Å². The Morgan fingerprint density at radius 1 is 0.789 bits per heavy atom. The van der Waals surface area contributed by atoms with E-state index < -0.39 is 18.2 Å². The number of rotatable bonds is 26. The Bertz CT molecular complexity index is 2890. The van der Waals surface area contributed by atoms with Crippen LogP contribution < -0.4 is 21.0 Å². The third kappa shape index (κ3) is 14.2. The quantitative estimate of drug-likeness (QED) is 0.0222. The molecule has 1 aliphatic heterocycles. The number of carbonyl (C=O) groups excluding carboxylic acids is 3. The molecule has 0 bridgehead atoms. The fourth-order valence-corrected chi connectivity index (χ4v) is 8.52. The highest BCUT2D eigenvalue weighted by Crippen LogP contribution is 2.43. The van der Waals surface area contributed by atoms with Gasteiger partial charge in [0.1, 0.15) is 11.5 Å². The van der Waals surface area contributed by atoms with Crippen LogP contribution in [0.25, 0.3) is 44.8 Å². The van der Waals surface area contributed by atoms with Crippen molar-refractivity contribution in [2.24, 2.45) is 0 Å². The fourth-order valence-electron chi connectivity index (χ4n) is 7.83. The maximum absolute atomic E-state index is 13.9. The van der Waals surface area contributed by atoms with Crippen LogP contribution in [0.3, 0.4) is 0 Å². The fraction of sp³-hybridized carbons (Fsp3) is 0.360. The van der Waals surface area contributed by atoms with Crippen molar-refractivity contribution >= 4 is 52.9 Å². The van der Waals surface area contributed by atoms with E-state index in [1.54, 1.807) is 29.2 Å². The summed E-state index contributed by atoms with van der Waals surface area (Å²) in [6.07, 6.45) is 3.28. The van der Waals surface area contributed by atoms with Gasteiger partial charge < -0.3 is 58.3 Å². The largest absolute Gasteiger partial charge is 0.504 e. The first kappa shape index (κ1) is 52.5. The summed E-state index contributed by atoms with van der Waals surface area (Å²) in [6, 6.07) is 25.7. The molecule has 19 nitrogen and oxygen atoms in total. The lowest BCUT2D eigenvalue weighted by molar-refractivity contribution is -0.125. The van der Waals surface area contributed by atoms with E-state index in [0.717, 1.165) is 41.6 Å². The number of aromatic nitrogens is 3. The van der Waals surface area contributed by atoms with Crippen molar-refractivity contribution in [2.75, 3.05) is 71.3 Å². The number of hydrogen-bond donors (Lipinski definition) is 5. The first-order valence-electron chi connectivity index (χ1n) is 23.3. The zero-order chi connectivity index (χ0) is 50.2. The van der Waals surface area contributed by atoms with E-state index in [9.17, 15) is 34.3 Å². The van der Waals surface area contributed by atoms with E-state index in [-0.39, 0.29) is 72.4 Å². The summed E-state index contributed by atoms with van der Waals surface area (Å²) in [6.45, 7) is 0.597. The Balaban J connectivity index is 0.803. The number of aromatic hydroxyl groups is 2. The molecule has 21 heteroatoms. The molecular formula is C50H57N6O13PS. The van der Waals surface area contributed by atoms with Gasteiger partial charge in [-0.25, -0.2) is 4.68 Å². The number of anilines is 1. The molecule has 0 saturated carbocycles. The van der Waals surface area contributed by atoms with Crippen LogP contribution in [0, 0.1) is 0 Å². The Morgan fingerprint density at radius 2 is 1.49 bits per heavy atom. The molecule has 3 amide bonds. The lowest BCUT2D eigenvalue weighted by Crippen LogP contribution is -2.33. The second-order valence-electron chi connectivity index (χ2n) is 16.4. The zero-order valence-electron chi connectivity index (χ0n) is 39.2. The number of phenols is 2. The minimum Gasteiger partial charge on any atom is -0.504 e. The summed E-state index contributed by atoms with van der Waals surface area (Å²) in [7, 11) is 1.32. The van der Waals surface area contributed by atoms with Gasteiger partial charge in [0.05, 0.1) is 76.1 Å². The topological polar surface area (TPSA) is 246 Å². The summed E-state index contributed by atoms with van der Waals surface area (Å²) in [4.78, 5) is 63.3. The molecule has 71 heavy (non-hydrogen) atoms. The Morgan fingerprint density at radius 3 is 2.27 bits per heavy atom. The molecule has 0 aliphatic carbocycles. The van der Waals surface area contributed by atoms with E-state index in [2.05, 4.69) is 20.9 Å². The van der Waals surface area contributed by atoms with Crippen LogP contribution in [0.1, 0.15) is 54.4 Å². The molecule has 0 saturated heterocycles. The molecule has 1 atom stereocenters.